The quantitative estimate of drug-likeness (QED) is 0.653. The van der Waals surface area contributed by atoms with E-state index >= 15 is 0 Å². The summed E-state index contributed by atoms with van der Waals surface area (Å²) >= 11 is 2.32. The van der Waals surface area contributed by atoms with Gasteiger partial charge in [0.2, 0.25) is 0 Å². The zero-order valence-corrected chi connectivity index (χ0v) is 8.49. The first kappa shape index (κ1) is 9.00. The van der Waals surface area contributed by atoms with Crippen molar-refractivity contribution >= 4 is 22.6 Å². The molecule has 60 valence electrons. The Morgan fingerprint density at radius 3 is 2.45 bits per heavy atom. The van der Waals surface area contributed by atoms with Crippen LogP contribution in [0.1, 0.15) is 5.56 Å². The number of nitrogens with two attached hydrogens (primary N) is 1. The lowest BCUT2D eigenvalue weighted by molar-refractivity contribution is 0.759. The van der Waals surface area contributed by atoms with Crippen LogP contribution in [0, 0.1) is 0 Å². The zero-order chi connectivity index (χ0) is 8.10. The van der Waals surface area contributed by atoms with Crippen LogP contribution in [0.2, 0.25) is 0 Å². The predicted octanol–water partition coefficient (Wildman–Crippen LogP) is 1.99. The van der Waals surface area contributed by atoms with E-state index in [1.54, 1.807) is 0 Å². The highest BCUT2D eigenvalue weighted by Crippen LogP contribution is 2.02. The van der Waals surface area contributed by atoms with Crippen molar-refractivity contribution in [3.8, 4) is 0 Å². The van der Waals surface area contributed by atoms with E-state index in [4.69, 9.17) is 5.73 Å². The highest BCUT2D eigenvalue weighted by atomic mass is 127. The molecule has 2 N–H and O–H groups in total. The molecule has 0 bridgehead atoms. The number of alkyl halides is 1. The third-order valence-corrected chi connectivity index (χ3v) is 2.67. The van der Waals surface area contributed by atoms with Gasteiger partial charge in [0.05, 0.1) is 0 Å². The molecule has 0 unspecified atom stereocenters. The van der Waals surface area contributed by atoms with E-state index in [2.05, 4.69) is 46.9 Å². The molecule has 0 radical (unpaired) electrons. The normalized spacial score (nSPS) is 12.9. The molecule has 1 aromatic rings. The molecule has 0 aliphatic carbocycles. The minimum atomic E-state index is 0.304. The highest BCUT2D eigenvalue weighted by molar-refractivity contribution is 14.1. The standard InChI is InChI=1S/C9H12IN/c10-7-9(11)6-8-4-2-1-3-5-8/h1-5,9H,6-7,11H2/t9-/m1/s1. The second-order valence-electron chi connectivity index (χ2n) is 2.60. The average Bonchev–Trinajstić information content (AvgIpc) is 2.06. The Hall–Kier alpha value is -0.0900. The number of rotatable bonds is 3. The van der Waals surface area contributed by atoms with Crippen LogP contribution >= 0.6 is 22.6 Å². The molecule has 1 atom stereocenters. The SMILES string of the molecule is N[C@@H](CI)Cc1ccccc1. The third-order valence-electron chi connectivity index (χ3n) is 1.54. The minimum Gasteiger partial charge on any atom is -0.327 e. The molecule has 0 amide bonds. The van der Waals surface area contributed by atoms with Crippen molar-refractivity contribution in [2.24, 2.45) is 5.73 Å². The van der Waals surface area contributed by atoms with Gasteiger partial charge in [-0.15, -0.1) is 0 Å². The van der Waals surface area contributed by atoms with Gasteiger partial charge in [-0.2, -0.15) is 0 Å². The number of halogens is 1. The third kappa shape index (κ3) is 3.20. The fraction of sp³-hybridized carbons (Fsp3) is 0.333. The molecule has 0 heterocycles. The van der Waals surface area contributed by atoms with Gasteiger partial charge in [-0.3, -0.25) is 0 Å². The first-order valence-electron chi connectivity index (χ1n) is 3.68. The molecular weight excluding hydrogens is 249 g/mol. The van der Waals surface area contributed by atoms with Crippen LogP contribution in [0.4, 0.5) is 0 Å². The monoisotopic (exact) mass is 261 g/mol. The Labute approximate surface area is 81.1 Å². The summed E-state index contributed by atoms with van der Waals surface area (Å²) in [5.74, 6) is 0. The summed E-state index contributed by atoms with van der Waals surface area (Å²) in [5.41, 5.74) is 7.13. The maximum absolute atomic E-state index is 5.80. The lowest BCUT2D eigenvalue weighted by Crippen LogP contribution is -2.23. The maximum atomic E-state index is 5.80. The second-order valence-corrected chi connectivity index (χ2v) is 3.48. The maximum Gasteiger partial charge on any atom is 0.0170 e. The molecule has 0 aliphatic heterocycles. The molecule has 0 saturated carbocycles. The first-order valence-corrected chi connectivity index (χ1v) is 5.21. The number of hydrogen-bond acceptors (Lipinski definition) is 1. The molecule has 0 spiro atoms. The van der Waals surface area contributed by atoms with Gasteiger partial charge in [0.25, 0.3) is 0 Å². The van der Waals surface area contributed by atoms with Crippen LogP contribution in [-0.2, 0) is 6.42 Å². The summed E-state index contributed by atoms with van der Waals surface area (Å²) in [4.78, 5) is 0. The molecule has 0 aromatic heterocycles. The van der Waals surface area contributed by atoms with E-state index in [1.165, 1.54) is 5.56 Å². The summed E-state index contributed by atoms with van der Waals surface area (Å²) in [6, 6.07) is 10.7. The van der Waals surface area contributed by atoms with E-state index in [1.807, 2.05) is 6.07 Å². The van der Waals surface area contributed by atoms with Gasteiger partial charge in [0.1, 0.15) is 0 Å². The summed E-state index contributed by atoms with van der Waals surface area (Å²) < 4.78 is 1.02. The molecule has 1 aromatic carbocycles. The van der Waals surface area contributed by atoms with Gasteiger partial charge in [0, 0.05) is 10.5 Å². The van der Waals surface area contributed by atoms with Crippen LogP contribution < -0.4 is 5.73 Å². The second kappa shape index (κ2) is 4.72. The largest absolute Gasteiger partial charge is 0.327 e. The first-order chi connectivity index (χ1) is 5.33. The molecule has 0 saturated heterocycles. The lowest BCUT2D eigenvalue weighted by atomic mass is 10.1. The van der Waals surface area contributed by atoms with Crippen molar-refractivity contribution in [3.05, 3.63) is 35.9 Å². The Kier molecular flexibility index (Phi) is 3.86. The number of hydrogen-bond donors (Lipinski definition) is 1. The zero-order valence-electron chi connectivity index (χ0n) is 6.33. The molecule has 11 heavy (non-hydrogen) atoms. The van der Waals surface area contributed by atoms with Crippen LogP contribution in [0.15, 0.2) is 30.3 Å². The van der Waals surface area contributed by atoms with Crippen LogP contribution in [0.25, 0.3) is 0 Å². The van der Waals surface area contributed by atoms with E-state index < -0.39 is 0 Å². The highest BCUT2D eigenvalue weighted by Gasteiger charge is 1.99. The molecule has 1 nitrogen and oxygen atoms in total. The van der Waals surface area contributed by atoms with Crippen LogP contribution in [-0.4, -0.2) is 10.5 Å². The fourth-order valence-electron chi connectivity index (χ4n) is 0.971. The molecule has 0 fully saturated rings. The van der Waals surface area contributed by atoms with E-state index in [-0.39, 0.29) is 0 Å². The van der Waals surface area contributed by atoms with Crippen molar-refractivity contribution in [1.82, 2.24) is 0 Å². The van der Waals surface area contributed by atoms with Crippen LogP contribution in [0.3, 0.4) is 0 Å². The number of benzene rings is 1. The fourth-order valence-corrected chi connectivity index (χ4v) is 1.28. The average molecular weight is 261 g/mol. The Morgan fingerprint density at radius 2 is 1.91 bits per heavy atom. The summed E-state index contributed by atoms with van der Waals surface area (Å²) in [6.07, 6.45) is 0.990. The molecule has 1 rings (SSSR count). The van der Waals surface area contributed by atoms with Crippen molar-refractivity contribution < 1.29 is 0 Å². The van der Waals surface area contributed by atoms with Gasteiger partial charge < -0.3 is 5.73 Å². The van der Waals surface area contributed by atoms with Gasteiger partial charge in [-0.05, 0) is 12.0 Å². The lowest BCUT2D eigenvalue weighted by Gasteiger charge is -2.06. The van der Waals surface area contributed by atoms with E-state index in [0.29, 0.717) is 6.04 Å². The van der Waals surface area contributed by atoms with Gasteiger partial charge in [-0.1, -0.05) is 52.9 Å². The van der Waals surface area contributed by atoms with Gasteiger partial charge in [-0.25, -0.2) is 0 Å². The smallest absolute Gasteiger partial charge is 0.0170 e. The molecule has 2 heteroatoms. The predicted molar refractivity (Wildman–Crippen MR) is 57.0 cm³/mol. The van der Waals surface area contributed by atoms with Crippen LogP contribution in [0.5, 0.6) is 0 Å². The summed E-state index contributed by atoms with van der Waals surface area (Å²) in [5, 5.41) is 0. The van der Waals surface area contributed by atoms with E-state index in [0.717, 1.165) is 10.8 Å². The topological polar surface area (TPSA) is 26.0 Å². The van der Waals surface area contributed by atoms with Gasteiger partial charge >= 0.3 is 0 Å². The van der Waals surface area contributed by atoms with Crippen molar-refractivity contribution in [2.45, 2.75) is 12.5 Å². The summed E-state index contributed by atoms with van der Waals surface area (Å²) in [6.45, 7) is 0. The van der Waals surface area contributed by atoms with Crippen molar-refractivity contribution in [3.63, 3.8) is 0 Å². The Balaban J connectivity index is 2.51. The molecular formula is C9H12IN. The van der Waals surface area contributed by atoms with E-state index in [9.17, 15) is 0 Å². The minimum absolute atomic E-state index is 0.304. The van der Waals surface area contributed by atoms with Gasteiger partial charge in [0.15, 0.2) is 0 Å². The molecule has 0 aliphatic rings. The van der Waals surface area contributed by atoms with Crippen molar-refractivity contribution in [1.29, 1.82) is 0 Å². The summed E-state index contributed by atoms with van der Waals surface area (Å²) in [7, 11) is 0. The Bertz CT molecular complexity index is 198. The Morgan fingerprint density at radius 1 is 1.27 bits per heavy atom. The van der Waals surface area contributed by atoms with Crippen molar-refractivity contribution in [2.75, 3.05) is 4.43 Å².